The molecule has 0 saturated carbocycles. The summed E-state index contributed by atoms with van der Waals surface area (Å²) in [6.07, 6.45) is 3.89. The van der Waals surface area contributed by atoms with Crippen LogP contribution in [0.2, 0.25) is 0 Å². The van der Waals surface area contributed by atoms with E-state index in [9.17, 15) is 9.59 Å². The molecule has 1 saturated heterocycles. The fourth-order valence-corrected chi connectivity index (χ4v) is 3.24. The molecule has 8 nitrogen and oxygen atoms in total. The summed E-state index contributed by atoms with van der Waals surface area (Å²) >= 11 is 0. The first kappa shape index (κ1) is 23.3. The molecule has 0 unspecified atom stereocenters. The highest BCUT2D eigenvalue weighted by atomic mass is 16.5. The average Bonchev–Trinajstić information content (AvgIpc) is 2.80. The van der Waals surface area contributed by atoms with Crippen LogP contribution in [0.5, 0.6) is 11.5 Å². The number of ether oxygens (including phenoxy) is 3. The number of carbonyl (C=O) groups is 2. The topological polar surface area (TPSA) is 89.1 Å². The van der Waals surface area contributed by atoms with E-state index in [1.54, 1.807) is 37.4 Å². The summed E-state index contributed by atoms with van der Waals surface area (Å²) in [4.78, 5) is 26.5. The lowest BCUT2D eigenvalue weighted by molar-refractivity contribution is -0.119. The number of rotatable bonds is 9. The quantitative estimate of drug-likeness (QED) is 0.624. The largest absolute Gasteiger partial charge is 0.493 e. The number of anilines is 2. The van der Waals surface area contributed by atoms with E-state index in [0.29, 0.717) is 42.6 Å². The van der Waals surface area contributed by atoms with Crippen molar-refractivity contribution in [2.45, 2.75) is 6.92 Å². The third-order valence-corrected chi connectivity index (χ3v) is 4.83. The summed E-state index contributed by atoms with van der Waals surface area (Å²) < 4.78 is 16.2. The number of benzene rings is 2. The van der Waals surface area contributed by atoms with Crippen LogP contribution in [-0.4, -0.2) is 63.3 Å². The molecule has 0 spiro atoms. The van der Waals surface area contributed by atoms with Crippen molar-refractivity contribution < 1.29 is 23.8 Å². The van der Waals surface area contributed by atoms with Gasteiger partial charge in [0.1, 0.15) is 0 Å². The molecule has 2 amide bonds. The van der Waals surface area contributed by atoms with Crippen molar-refractivity contribution in [1.29, 1.82) is 0 Å². The van der Waals surface area contributed by atoms with Gasteiger partial charge >= 0.3 is 0 Å². The van der Waals surface area contributed by atoms with Gasteiger partial charge in [-0.3, -0.25) is 14.5 Å². The third-order valence-electron chi connectivity index (χ3n) is 4.83. The molecule has 0 aliphatic carbocycles. The number of allylic oxidation sites excluding steroid dienone is 1. The molecule has 8 heteroatoms. The summed E-state index contributed by atoms with van der Waals surface area (Å²) in [6, 6.07) is 12.5. The predicted molar refractivity (Wildman–Crippen MR) is 124 cm³/mol. The summed E-state index contributed by atoms with van der Waals surface area (Å²) in [7, 11) is 1.56. The minimum absolute atomic E-state index is 0.0773. The third kappa shape index (κ3) is 7.11. The van der Waals surface area contributed by atoms with Gasteiger partial charge < -0.3 is 24.8 Å². The molecule has 0 bridgehead atoms. The lowest BCUT2D eigenvalue weighted by atomic mass is 10.2. The van der Waals surface area contributed by atoms with Crippen molar-refractivity contribution in [3.8, 4) is 11.5 Å². The zero-order chi connectivity index (χ0) is 22.8. The molecular formula is C24H29N3O5. The van der Waals surface area contributed by atoms with E-state index in [1.165, 1.54) is 0 Å². The number of carbonyl (C=O) groups excluding carboxylic acids is 2. The Hall–Kier alpha value is -3.36. The van der Waals surface area contributed by atoms with Gasteiger partial charge in [0.05, 0.1) is 26.9 Å². The van der Waals surface area contributed by atoms with Gasteiger partial charge in [-0.2, -0.15) is 0 Å². The van der Waals surface area contributed by atoms with Crippen molar-refractivity contribution >= 4 is 29.3 Å². The summed E-state index contributed by atoms with van der Waals surface area (Å²) in [5, 5.41) is 5.64. The average molecular weight is 440 g/mol. The number of methoxy groups -OCH3 is 1. The molecule has 170 valence electrons. The zero-order valence-corrected chi connectivity index (χ0v) is 18.4. The number of amides is 2. The van der Waals surface area contributed by atoms with E-state index < -0.39 is 0 Å². The number of morpholine rings is 1. The van der Waals surface area contributed by atoms with Crippen LogP contribution in [0.1, 0.15) is 12.5 Å². The molecule has 0 aromatic heterocycles. The summed E-state index contributed by atoms with van der Waals surface area (Å²) in [5.41, 5.74) is 2.27. The molecule has 2 aromatic rings. The van der Waals surface area contributed by atoms with Gasteiger partial charge in [0.25, 0.3) is 5.91 Å². The Kier molecular flexibility index (Phi) is 8.65. The second-order valence-electron chi connectivity index (χ2n) is 7.26. The zero-order valence-electron chi connectivity index (χ0n) is 18.4. The van der Waals surface area contributed by atoms with Crippen molar-refractivity contribution in [2.75, 3.05) is 57.2 Å². The van der Waals surface area contributed by atoms with Crippen LogP contribution >= 0.6 is 0 Å². The predicted octanol–water partition coefficient (Wildman–Crippen LogP) is 3.02. The molecule has 1 heterocycles. The van der Waals surface area contributed by atoms with Crippen molar-refractivity contribution in [2.24, 2.45) is 0 Å². The molecular weight excluding hydrogens is 410 g/mol. The fourth-order valence-electron chi connectivity index (χ4n) is 3.24. The van der Waals surface area contributed by atoms with Gasteiger partial charge in [-0.05, 0) is 48.9 Å². The van der Waals surface area contributed by atoms with Crippen LogP contribution in [0.4, 0.5) is 11.4 Å². The Balaban J connectivity index is 1.46. The number of nitrogens with one attached hydrogen (secondary N) is 2. The monoisotopic (exact) mass is 439 g/mol. The van der Waals surface area contributed by atoms with Crippen LogP contribution in [0.3, 0.4) is 0 Å². The van der Waals surface area contributed by atoms with Gasteiger partial charge in [0, 0.05) is 24.5 Å². The summed E-state index contributed by atoms with van der Waals surface area (Å²) in [5.74, 6) is 0.681. The number of hydrogen-bond donors (Lipinski definition) is 2. The Bertz CT molecular complexity index is 937. The Morgan fingerprint density at radius 1 is 1.00 bits per heavy atom. The van der Waals surface area contributed by atoms with Gasteiger partial charge in [-0.15, -0.1) is 0 Å². The molecule has 2 aromatic carbocycles. The Morgan fingerprint density at radius 3 is 2.28 bits per heavy atom. The van der Waals surface area contributed by atoms with Crippen LogP contribution in [-0.2, 0) is 14.3 Å². The highest BCUT2D eigenvalue weighted by Crippen LogP contribution is 2.28. The van der Waals surface area contributed by atoms with E-state index in [4.69, 9.17) is 14.2 Å². The van der Waals surface area contributed by atoms with E-state index in [-0.39, 0.29) is 18.4 Å². The first-order valence-electron chi connectivity index (χ1n) is 10.5. The van der Waals surface area contributed by atoms with E-state index >= 15 is 0 Å². The van der Waals surface area contributed by atoms with Crippen molar-refractivity contribution in [3.05, 3.63) is 54.1 Å². The number of hydrogen-bond acceptors (Lipinski definition) is 6. The molecule has 32 heavy (non-hydrogen) atoms. The van der Waals surface area contributed by atoms with Crippen LogP contribution < -0.4 is 20.1 Å². The molecule has 1 fully saturated rings. The molecule has 2 N–H and O–H groups in total. The molecule has 0 radical (unpaired) electrons. The second kappa shape index (κ2) is 11.9. The van der Waals surface area contributed by atoms with E-state index in [2.05, 4.69) is 15.5 Å². The second-order valence-corrected chi connectivity index (χ2v) is 7.26. The smallest absolute Gasteiger partial charge is 0.262 e. The Morgan fingerprint density at radius 2 is 1.66 bits per heavy atom. The Labute approximate surface area is 188 Å². The van der Waals surface area contributed by atoms with Gasteiger partial charge in [-0.1, -0.05) is 18.2 Å². The standard InChI is InChI=1S/C24H29N3O5/c1-3-4-18-5-10-21(22(15-18)30-2)32-17-24(29)26-20-8-6-19(7-9-20)25-23(28)16-27-11-13-31-14-12-27/h3-10,15H,11-14,16-17H2,1-2H3,(H,25,28)(H,26,29). The number of nitrogens with zero attached hydrogens (tertiary/aromatic N) is 1. The highest BCUT2D eigenvalue weighted by molar-refractivity contribution is 5.94. The molecule has 0 atom stereocenters. The minimum Gasteiger partial charge on any atom is -0.493 e. The van der Waals surface area contributed by atoms with E-state index in [1.807, 2.05) is 31.2 Å². The molecule has 1 aliphatic rings. The lowest BCUT2D eigenvalue weighted by Gasteiger charge is -2.25. The molecule has 3 rings (SSSR count). The van der Waals surface area contributed by atoms with Crippen molar-refractivity contribution in [3.63, 3.8) is 0 Å². The van der Waals surface area contributed by atoms with Crippen molar-refractivity contribution in [1.82, 2.24) is 4.90 Å². The maximum absolute atomic E-state index is 12.3. The van der Waals surface area contributed by atoms with E-state index in [0.717, 1.165) is 18.7 Å². The lowest BCUT2D eigenvalue weighted by Crippen LogP contribution is -2.41. The minimum atomic E-state index is -0.298. The normalized spacial score (nSPS) is 14.2. The van der Waals surface area contributed by atoms with Gasteiger partial charge in [0.2, 0.25) is 5.91 Å². The van der Waals surface area contributed by atoms with Gasteiger partial charge in [0.15, 0.2) is 18.1 Å². The SMILES string of the molecule is CC=Cc1ccc(OCC(=O)Nc2ccc(NC(=O)CN3CCOCC3)cc2)c(OC)c1. The first-order chi connectivity index (χ1) is 15.6. The van der Waals surface area contributed by atoms with Crippen LogP contribution in [0.15, 0.2) is 48.5 Å². The highest BCUT2D eigenvalue weighted by Gasteiger charge is 2.14. The molecule has 1 aliphatic heterocycles. The summed E-state index contributed by atoms with van der Waals surface area (Å²) in [6.45, 7) is 4.93. The van der Waals surface area contributed by atoms with Gasteiger partial charge in [-0.25, -0.2) is 0 Å². The first-order valence-corrected chi connectivity index (χ1v) is 10.5. The maximum Gasteiger partial charge on any atom is 0.262 e. The maximum atomic E-state index is 12.3. The van der Waals surface area contributed by atoms with Crippen LogP contribution in [0.25, 0.3) is 6.08 Å². The fraction of sp³-hybridized carbons (Fsp3) is 0.333. The van der Waals surface area contributed by atoms with Crippen LogP contribution in [0, 0.1) is 0 Å².